The maximum atomic E-state index is 10.9. The minimum atomic E-state index is 0.498. The van der Waals surface area contributed by atoms with Gasteiger partial charge in [0.2, 0.25) is 0 Å². The van der Waals surface area contributed by atoms with Crippen molar-refractivity contribution in [2.45, 2.75) is 6.61 Å². The number of benzene rings is 2. The maximum Gasteiger partial charge on any atom is 0.150 e. The van der Waals surface area contributed by atoms with Crippen LogP contribution >= 0.6 is 0 Å². The van der Waals surface area contributed by atoms with E-state index in [0.717, 1.165) is 28.7 Å². The third-order valence-electron chi connectivity index (χ3n) is 2.95. The van der Waals surface area contributed by atoms with Crippen LogP contribution in [-0.2, 0) is 11.3 Å². The third-order valence-corrected chi connectivity index (χ3v) is 2.95. The van der Waals surface area contributed by atoms with Crippen molar-refractivity contribution in [3.8, 4) is 16.9 Å². The Morgan fingerprint density at radius 2 is 1.95 bits per heavy atom. The van der Waals surface area contributed by atoms with Gasteiger partial charge >= 0.3 is 0 Å². The van der Waals surface area contributed by atoms with Gasteiger partial charge in [0.1, 0.15) is 12.0 Å². The topological polar surface area (TPSA) is 35.5 Å². The maximum absolute atomic E-state index is 10.9. The van der Waals surface area contributed by atoms with Gasteiger partial charge in [-0.3, -0.25) is 4.79 Å². The Labute approximate surface area is 112 Å². The molecule has 0 atom stereocenters. The SMILES string of the molecule is COCc1cc(OC)ccc1-c1cccc(C=O)c1. The minimum absolute atomic E-state index is 0.498. The van der Waals surface area contributed by atoms with Crippen molar-refractivity contribution in [3.63, 3.8) is 0 Å². The van der Waals surface area contributed by atoms with E-state index in [2.05, 4.69) is 0 Å². The van der Waals surface area contributed by atoms with Crippen molar-refractivity contribution in [2.24, 2.45) is 0 Å². The van der Waals surface area contributed by atoms with Gasteiger partial charge in [0.15, 0.2) is 0 Å². The van der Waals surface area contributed by atoms with Crippen molar-refractivity contribution < 1.29 is 14.3 Å². The van der Waals surface area contributed by atoms with Gasteiger partial charge in [0.25, 0.3) is 0 Å². The summed E-state index contributed by atoms with van der Waals surface area (Å²) >= 11 is 0. The van der Waals surface area contributed by atoms with Gasteiger partial charge in [-0.1, -0.05) is 24.3 Å². The van der Waals surface area contributed by atoms with E-state index in [-0.39, 0.29) is 0 Å². The summed E-state index contributed by atoms with van der Waals surface area (Å²) in [7, 11) is 3.30. The van der Waals surface area contributed by atoms with E-state index in [1.165, 1.54) is 0 Å². The fraction of sp³-hybridized carbons (Fsp3) is 0.188. The smallest absolute Gasteiger partial charge is 0.150 e. The molecule has 0 aromatic heterocycles. The molecule has 0 N–H and O–H groups in total. The van der Waals surface area contributed by atoms with E-state index in [9.17, 15) is 4.79 Å². The molecular weight excluding hydrogens is 240 g/mol. The molecule has 0 fully saturated rings. The van der Waals surface area contributed by atoms with Crippen molar-refractivity contribution in [1.29, 1.82) is 0 Å². The molecule has 0 unspecified atom stereocenters. The van der Waals surface area contributed by atoms with Crippen molar-refractivity contribution >= 4 is 6.29 Å². The second-order valence-electron chi connectivity index (χ2n) is 4.20. The molecule has 0 saturated carbocycles. The number of carbonyl (C=O) groups is 1. The highest BCUT2D eigenvalue weighted by molar-refractivity contribution is 5.79. The highest BCUT2D eigenvalue weighted by Crippen LogP contribution is 2.28. The normalized spacial score (nSPS) is 10.2. The van der Waals surface area contributed by atoms with E-state index in [1.54, 1.807) is 20.3 Å². The minimum Gasteiger partial charge on any atom is -0.497 e. The van der Waals surface area contributed by atoms with Crippen LogP contribution in [0.4, 0.5) is 0 Å². The fourth-order valence-electron chi connectivity index (χ4n) is 2.03. The molecule has 3 nitrogen and oxygen atoms in total. The van der Waals surface area contributed by atoms with E-state index in [0.29, 0.717) is 12.2 Å². The van der Waals surface area contributed by atoms with Gasteiger partial charge in [-0.25, -0.2) is 0 Å². The summed E-state index contributed by atoms with van der Waals surface area (Å²) in [5.74, 6) is 0.794. The first-order valence-electron chi connectivity index (χ1n) is 6.00. The Morgan fingerprint density at radius 3 is 2.63 bits per heavy atom. The number of rotatable bonds is 5. The molecule has 0 amide bonds. The lowest BCUT2D eigenvalue weighted by Crippen LogP contribution is -1.94. The second kappa shape index (κ2) is 6.16. The van der Waals surface area contributed by atoms with E-state index >= 15 is 0 Å². The summed E-state index contributed by atoms with van der Waals surface area (Å²) in [4.78, 5) is 10.9. The lowest BCUT2D eigenvalue weighted by Gasteiger charge is -2.11. The molecule has 19 heavy (non-hydrogen) atoms. The summed E-state index contributed by atoms with van der Waals surface area (Å²) in [6.07, 6.45) is 0.850. The number of ether oxygens (including phenoxy) is 2. The van der Waals surface area contributed by atoms with Crippen molar-refractivity contribution in [1.82, 2.24) is 0 Å². The van der Waals surface area contributed by atoms with Crippen molar-refractivity contribution in [3.05, 3.63) is 53.6 Å². The van der Waals surface area contributed by atoms with E-state index < -0.39 is 0 Å². The monoisotopic (exact) mass is 256 g/mol. The zero-order valence-electron chi connectivity index (χ0n) is 11.1. The van der Waals surface area contributed by atoms with E-state index in [4.69, 9.17) is 9.47 Å². The standard InChI is InChI=1S/C16H16O3/c1-18-11-14-9-15(19-2)6-7-16(14)13-5-3-4-12(8-13)10-17/h3-10H,11H2,1-2H3. The summed E-state index contributed by atoms with van der Waals surface area (Å²) in [6.45, 7) is 0.498. The summed E-state index contributed by atoms with van der Waals surface area (Å²) < 4.78 is 10.4. The van der Waals surface area contributed by atoms with Crippen LogP contribution < -0.4 is 4.74 Å². The van der Waals surface area contributed by atoms with Crippen LogP contribution in [0.5, 0.6) is 5.75 Å². The van der Waals surface area contributed by atoms with Crippen molar-refractivity contribution in [2.75, 3.05) is 14.2 Å². The fourth-order valence-corrected chi connectivity index (χ4v) is 2.03. The molecule has 0 radical (unpaired) electrons. The molecule has 2 rings (SSSR count). The second-order valence-corrected chi connectivity index (χ2v) is 4.20. The largest absolute Gasteiger partial charge is 0.497 e. The number of carbonyl (C=O) groups excluding carboxylic acids is 1. The Morgan fingerprint density at radius 1 is 1.11 bits per heavy atom. The zero-order chi connectivity index (χ0) is 13.7. The quantitative estimate of drug-likeness (QED) is 0.770. The van der Waals surface area contributed by atoms with Crippen LogP contribution in [-0.4, -0.2) is 20.5 Å². The molecule has 3 heteroatoms. The number of hydrogen-bond acceptors (Lipinski definition) is 3. The molecular formula is C16H16O3. The first-order chi connectivity index (χ1) is 9.28. The summed E-state index contributed by atoms with van der Waals surface area (Å²) in [6, 6.07) is 13.4. The molecule has 0 spiro atoms. The first-order valence-corrected chi connectivity index (χ1v) is 6.00. The van der Waals surface area contributed by atoms with Crippen LogP contribution in [0.15, 0.2) is 42.5 Å². The lowest BCUT2D eigenvalue weighted by atomic mass is 9.98. The Kier molecular flexibility index (Phi) is 4.31. The van der Waals surface area contributed by atoms with Gasteiger partial charge in [-0.15, -0.1) is 0 Å². The molecule has 0 aliphatic carbocycles. The number of methoxy groups -OCH3 is 2. The van der Waals surface area contributed by atoms with Crippen LogP contribution in [0.1, 0.15) is 15.9 Å². The Bertz CT molecular complexity index is 576. The summed E-state index contributed by atoms with van der Waals surface area (Å²) in [5.41, 5.74) is 3.74. The average molecular weight is 256 g/mol. The average Bonchev–Trinajstić information content (AvgIpc) is 2.47. The lowest BCUT2D eigenvalue weighted by molar-refractivity contribution is 0.112. The molecule has 2 aromatic carbocycles. The van der Waals surface area contributed by atoms with Gasteiger partial charge in [-0.2, -0.15) is 0 Å². The molecule has 0 saturated heterocycles. The van der Waals surface area contributed by atoms with Crippen LogP contribution in [0.25, 0.3) is 11.1 Å². The van der Waals surface area contributed by atoms with Crippen LogP contribution in [0, 0.1) is 0 Å². The molecule has 0 bridgehead atoms. The molecule has 0 heterocycles. The molecule has 98 valence electrons. The first kappa shape index (κ1) is 13.3. The third kappa shape index (κ3) is 3.01. The highest BCUT2D eigenvalue weighted by Gasteiger charge is 2.07. The Hall–Kier alpha value is -2.13. The van der Waals surface area contributed by atoms with Crippen LogP contribution in [0.3, 0.4) is 0 Å². The number of aldehydes is 1. The van der Waals surface area contributed by atoms with Crippen LogP contribution in [0.2, 0.25) is 0 Å². The van der Waals surface area contributed by atoms with Gasteiger partial charge in [-0.05, 0) is 34.9 Å². The molecule has 2 aromatic rings. The molecule has 0 aliphatic rings. The van der Waals surface area contributed by atoms with E-state index in [1.807, 2.05) is 36.4 Å². The molecule has 0 aliphatic heterocycles. The number of hydrogen-bond donors (Lipinski definition) is 0. The van der Waals surface area contributed by atoms with Gasteiger partial charge in [0.05, 0.1) is 13.7 Å². The predicted molar refractivity (Wildman–Crippen MR) is 74.5 cm³/mol. The Balaban J connectivity index is 2.50. The zero-order valence-corrected chi connectivity index (χ0v) is 11.1. The highest BCUT2D eigenvalue weighted by atomic mass is 16.5. The van der Waals surface area contributed by atoms with Gasteiger partial charge < -0.3 is 9.47 Å². The summed E-state index contributed by atoms with van der Waals surface area (Å²) in [5, 5.41) is 0. The predicted octanol–water partition coefficient (Wildman–Crippen LogP) is 3.32. The van der Waals surface area contributed by atoms with Gasteiger partial charge in [0, 0.05) is 12.7 Å².